The second-order valence-corrected chi connectivity index (χ2v) is 9.78. The fourth-order valence-corrected chi connectivity index (χ4v) is 9.32. The van der Waals surface area contributed by atoms with E-state index in [2.05, 4.69) is 13.2 Å². The molecule has 0 bridgehead atoms. The maximum atomic E-state index is 5.88. The summed E-state index contributed by atoms with van der Waals surface area (Å²) in [6, 6.07) is 2.80. The van der Waals surface area contributed by atoms with Gasteiger partial charge < -0.3 is 0 Å². The summed E-state index contributed by atoms with van der Waals surface area (Å²) in [6.07, 6.45) is 6.45. The summed E-state index contributed by atoms with van der Waals surface area (Å²) in [5.41, 5.74) is 1.41. The number of hydrogen-bond acceptors (Lipinski definition) is 0. The second-order valence-electron chi connectivity index (χ2n) is 3.08. The Hall–Kier alpha value is 0.204. The van der Waals surface area contributed by atoms with Crippen LogP contribution in [0.4, 0.5) is 0 Å². The molecular weight excluding hydrogens is 200 g/mol. The molecule has 0 N–H and O–H groups in total. The molecule has 12 heavy (non-hydrogen) atoms. The first-order valence-electron chi connectivity index (χ1n) is 4.62. The SMILES string of the molecule is C=CCC[SiH](CCC=C)C[SiH2]Cl. The lowest BCUT2D eigenvalue weighted by Crippen LogP contribution is -2.12. The third-order valence-electron chi connectivity index (χ3n) is 2.08. The molecular formula is C9H19ClSi2. The summed E-state index contributed by atoms with van der Waals surface area (Å²) in [5.74, 6) is 0. The fraction of sp³-hybridized carbons (Fsp3) is 0.556. The van der Waals surface area contributed by atoms with E-state index in [0.717, 1.165) is 0 Å². The third kappa shape index (κ3) is 6.89. The zero-order chi connectivity index (χ0) is 9.23. The van der Waals surface area contributed by atoms with Crippen LogP contribution in [0.5, 0.6) is 0 Å². The Morgan fingerprint density at radius 1 is 1.17 bits per heavy atom. The molecule has 0 aromatic heterocycles. The molecule has 0 aromatic carbocycles. The lowest BCUT2D eigenvalue weighted by molar-refractivity contribution is 1.11. The van der Waals surface area contributed by atoms with Gasteiger partial charge in [-0.3, -0.25) is 0 Å². The Morgan fingerprint density at radius 3 is 2.00 bits per heavy atom. The summed E-state index contributed by atoms with van der Waals surface area (Å²) in [6.45, 7) is 7.51. The van der Waals surface area contributed by atoms with Crippen molar-refractivity contribution in [2.45, 2.75) is 30.6 Å². The Kier molecular flexibility index (Phi) is 9.45. The van der Waals surface area contributed by atoms with Crippen LogP contribution in [0, 0.1) is 0 Å². The smallest absolute Gasteiger partial charge is 0.122 e. The maximum absolute atomic E-state index is 5.88. The molecule has 0 nitrogen and oxygen atoms in total. The van der Waals surface area contributed by atoms with Gasteiger partial charge in [0.15, 0.2) is 0 Å². The fourth-order valence-electron chi connectivity index (χ4n) is 1.29. The van der Waals surface area contributed by atoms with Gasteiger partial charge in [-0.05, 0) is 12.8 Å². The van der Waals surface area contributed by atoms with Gasteiger partial charge in [-0.25, -0.2) is 0 Å². The Balaban J connectivity index is 3.52. The lowest BCUT2D eigenvalue weighted by Gasteiger charge is -2.10. The van der Waals surface area contributed by atoms with Crippen molar-refractivity contribution in [3.63, 3.8) is 0 Å². The van der Waals surface area contributed by atoms with Crippen LogP contribution >= 0.6 is 11.1 Å². The van der Waals surface area contributed by atoms with Gasteiger partial charge >= 0.3 is 0 Å². The van der Waals surface area contributed by atoms with Crippen LogP contribution in [0.2, 0.25) is 17.8 Å². The quantitative estimate of drug-likeness (QED) is 0.334. The molecule has 0 aliphatic heterocycles. The molecule has 70 valence electrons. The van der Waals surface area contributed by atoms with E-state index in [1.54, 1.807) is 0 Å². The average Bonchev–Trinajstić information content (AvgIpc) is 2.10. The third-order valence-corrected chi connectivity index (χ3v) is 10.5. The second kappa shape index (κ2) is 9.29. The van der Waals surface area contributed by atoms with Gasteiger partial charge in [-0.2, -0.15) is 11.1 Å². The molecule has 0 saturated heterocycles. The van der Waals surface area contributed by atoms with Crippen molar-refractivity contribution in [3.8, 4) is 0 Å². The predicted molar refractivity (Wildman–Crippen MR) is 65.6 cm³/mol. The van der Waals surface area contributed by atoms with Gasteiger partial charge in [0.1, 0.15) is 8.83 Å². The number of allylic oxidation sites excluding steroid dienone is 2. The molecule has 0 unspecified atom stereocenters. The highest BCUT2D eigenvalue weighted by molar-refractivity contribution is 6.98. The molecule has 3 heteroatoms. The van der Waals surface area contributed by atoms with Crippen LogP contribution in [-0.4, -0.2) is 17.6 Å². The zero-order valence-corrected chi connectivity index (χ0v) is 11.1. The summed E-state index contributed by atoms with van der Waals surface area (Å²) in [5, 5.41) is 0. The predicted octanol–water partition coefficient (Wildman–Crippen LogP) is 2.65. The van der Waals surface area contributed by atoms with Crippen LogP contribution in [0.1, 0.15) is 12.8 Å². The molecule has 0 aliphatic rings. The highest BCUT2D eigenvalue weighted by Crippen LogP contribution is 2.11. The van der Waals surface area contributed by atoms with E-state index in [1.807, 2.05) is 12.2 Å². The van der Waals surface area contributed by atoms with Crippen molar-refractivity contribution in [2.75, 3.05) is 0 Å². The van der Waals surface area contributed by atoms with Crippen molar-refractivity contribution >= 4 is 28.7 Å². The van der Waals surface area contributed by atoms with Crippen LogP contribution < -0.4 is 0 Å². The Morgan fingerprint density at radius 2 is 1.67 bits per heavy atom. The molecule has 0 aromatic rings. The molecule has 0 amide bonds. The average molecular weight is 219 g/mol. The molecule has 0 atom stereocenters. The van der Waals surface area contributed by atoms with Gasteiger partial charge in [0.2, 0.25) is 0 Å². The minimum absolute atomic E-state index is 0.224. The molecule has 0 heterocycles. The first kappa shape index (κ1) is 12.2. The monoisotopic (exact) mass is 218 g/mol. The topological polar surface area (TPSA) is 0 Å². The molecule has 0 fully saturated rings. The number of halogens is 1. The van der Waals surface area contributed by atoms with E-state index in [9.17, 15) is 0 Å². The van der Waals surface area contributed by atoms with Gasteiger partial charge in [0.25, 0.3) is 0 Å². The van der Waals surface area contributed by atoms with Gasteiger partial charge in [-0.1, -0.05) is 29.9 Å². The van der Waals surface area contributed by atoms with E-state index in [4.69, 9.17) is 11.1 Å². The van der Waals surface area contributed by atoms with Gasteiger partial charge in [-0.15, -0.1) is 13.2 Å². The van der Waals surface area contributed by atoms with E-state index in [1.165, 1.54) is 30.6 Å². The van der Waals surface area contributed by atoms with Crippen molar-refractivity contribution in [2.24, 2.45) is 0 Å². The molecule has 0 aliphatic carbocycles. The standard InChI is InChI=1S/C9H19ClSi2/c1-3-5-7-12(9-11-10)8-6-4-2/h3-4,12H,1-2,5-9,11H2. The van der Waals surface area contributed by atoms with E-state index in [-0.39, 0.29) is 8.83 Å². The van der Waals surface area contributed by atoms with Gasteiger partial charge in [0.05, 0.1) is 0 Å². The molecule has 0 rings (SSSR count). The minimum Gasteiger partial charge on any atom is -0.176 e. The number of hydrogen-bond donors (Lipinski definition) is 0. The highest BCUT2D eigenvalue weighted by Gasteiger charge is 2.07. The van der Waals surface area contributed by atoms with Crippen LogP contribution in [0.25, 0.3) is 0 Å². The van der Waals surface area contributed by atoms with Crippen molar-refractivity contribution in [1.29, 1.82) is 0 Å². The first-order chi connectivity index (χ1) is 5.85. The Labute approximate surface area is 84.8 Å². The lowest BCUT2D eigenvalue weighted by atomic mass is 10.5. The molecule has 0 saturated carbocycles. The largest absolute Gasteiger partial charge is 0.176 e. The summed E-state index contributed by atoms with van der Waals surface area (Å²) in [4.78, 5) is 0. The summed E-state index contributed by atoms with van der Waals surface area (Å²) >= 11 is 5.88. The Bertz CT molecular complexity index is 114. The van der Waals surface area contributed by atoms with Gasteiger partial charge in [0, 0.05) is 8.80 Å². The first-order valence-corrected chi connectivity index (χ1v) is 10.2. The molecule has 0 spiro atoms. The van der Waals surface area contributed by atoms with Crippen molar-refractivity contribution < 1.29 is 0 Å². The van der Waals surface area contributed by atoms with Crippen LogP contribution in [0.3, 0.4) is 0 Å². The van der Waals surface area contributed by atoms with E-state index < -0.39 is 8.80 Å². The van der Waals surface area contributed by atoms with E-state index >= 15 is 0 Å². The molecule has 0 radical (unpaired) electrons. The summed E-state index contributed by atoms with van der Waals surface area (Å²) < 4.78 is 0. The minimum atomic E-state index is -0.482. The summed E-state index contributed by atoms with van der Waals surface area (Å²) in [7, 11) is -0.706. The van der Waals surface area contributed by atoms with Crippen LogP contribution in [-0.2, 0) is 0 Å². The number of rotatable bonds is 8. The van der Waals surface area contributed by atoms with Crippen molar-refractivity contribution in [1.82, 2.24) is 0 Å². The normalized spacial score (nSPS) is 11.2. The maximum Gasteiger partial charge on any atom is 0.122 e. The zero-order valence-electron chi connectivity index (χ0n) is 7.77. The van der Waals surface area contributed by atoms with Crippen molar-refractivity contribution in [3.05, 3.63) is 25.3 Å². The van der Waals surface area contributed by atoms with Crippen LogP contribution in [0.15, 0.2) is 25.3 Å². The highest BCUT2D eigenvalue weighted by atomic mass is 35.6. The van der Waals surface area contributed by atoms with E-state index in [0.29, 0.717) is 0 Å².